The summed E-state index contributed by atoms with van der Waals surface area (Å²) < 4.78 is 4.50. The van der Waals surface area contributed by atoms with Crippen LogP contribution in [-0.2, 0) is 35.7 Å². The Balaban J connectivity index is -0.000000181. The SMILES string of the molecule is CO[CH-]CCO.O=C1[C-]=C2[SiH2]C2=C1.[Cl-].[Cl-].[Zr+4]. The van der Waals surface area contributed by atoms with E-state index >= 15 is 0 Å². The van der Waals surface area contributed by atoms with Crippen molar-refractivity contribution in [1.29, 1.82) is 0 Å². The molecule has 0 radical (unpaired) electrons. The smallest absolute Gasteiger partial charge is 1.00 e. The van der Waals surface area contributed by atoms with Gasteiger partial charge in [0.2, 0.25) is 0 Å². The van der Waals surface area contributed by atoms with Crippen LogP contribution in [0.15, 0.2) is 16.5 Å². The molecule has 1 saturated heterocycles. The molecule has 1 aliphatic heterocycles. The third-order valence-corrected chi connectivity index (χ3v) is 3.12. The van der Waals surface area contributed by atoms with Gasteiger partial charge in [0.15, 0.2) is 0 Å². The molecule has 0 amide bonds. The van der Waals surface area contributed by atoms with E-state index < -0.39 is 0 Å². The van der Waals surface area contributed by atoms with Crippen LogP contribution >= 0.6 is 0 Å². The first kappa shape index (κ1) is 22.0. The van der Waals surface area contributed by atoms with Gasteiger partial charge in [-0.1, -0.05) is 0 Å². The second-order valence-electron chi connectivity index (χ2n) is 2.73. The first-order chi connectivity index (χ1) is 6.27. The Morgan fingerprint density at radius 3 is 2.38 bits per heavy atom. The topological polar surface area (TPSA) is 46.5 Å². The standard InChI is InChI=1S/C5H3OSi.C4H9O2.2ClH.Zr/c6-3-1-4-5(2-3)7-4;1-6-4-2-3-5;;;/h1H,7H2;4-5H,2-3H2,1H3;2*1H;/q2*-1;;;+4/p-2. The van der Waals surface area contributed by atoms with Gasteiger partial charge in [-0.05, 0) is 16.6 Å². The first-order valence-electron chi connectivity index (χ1n) is 4.11. The van der Waals surface area contributed by atoms with E-state index in [0.717, 1.165) is 0 Å². The van der Waals surface area contributed by atoms with Crippen molar-refractivity contribution >= 4 is 15.3 Å². The van der Waals surface area contributed by atoms with Crippen molar-refractivity contribution in [3.63, 3.8) is 0 Å². The van der Waals surface area contributed by atoms with Gasteiger partial charge in [-0.3, -0.25) is 0 Å². The van der Waals surface area contributed by atoms with Crippen LogP contribution in [0.1, 0.15) is 6.42 Å². The number of carbonyl (C=O) groups is 1. The van der Waals surface area contributed by atoms with E-state index in [-0.39, 0.29) is 72.9 Å². The van der Waals surface area contributed by atoms with E-state index in [1.165, 1.54) is 10.4 Å². The van der Waals surface area contributed by atoms with Crippen molar-refractivity contribution < 1.29 is 65.7 Å². The van der Waals surface area contributed by atoms with Crippen molar-refractivity contribution in [2.24, 2.45) is 0 Å². The number of hydrogen-bond acceptors (Lipinski definition) is 3. The van der Waals surface area contributed by atoms with Gasteiger partial charge in [-0.25, -0.2) is 11.8 Å². The molecule has 0 spiro atoms. The van der Waals surface area contributed by atoms with Gasteiger partial charge < -0.3 is 39.5 Å². The zero-order valence-corrected chi connectivity index (χ0v) is 14.2. The largest absolute Gasteiger partial charge is 4.00 e. The summed E-state index contributed by atoms with van der Waals surface area (Å²) in [4.78, 5) is 10.3. The zero-order valence-electron chi connectivity index (χ0n) is 8.80. The fraction of sp³-hybridized carbons (Fsp3) is 0.333. The minimum Gasteiger partial charge on any atom is -1.00 e. The molecule has 0 aromatic carbocycles. The van der Waals surface area contributed by atoms with Crippen LogP contribution in [-0.4, -0.2) is 34.1 Å². The van der Waals surface area contributed by atoms with Gasteiger partial charge in [-0.15, -0.1) is 12.5 Å². The van der Waals surface area contributed by atoms with Crippen molar-refractivity contribution in [2.45, 2.75) is 6.42 Å². The Morgan fingerprint density at radius 1 is 1.56 bits per heavy atom. The Morgan fingerprint density at radius 2 is 2.19 bits per heavy atom. The van der Waals surface area contributed by atoms with E-state index in [2.05, 4.69) is 10.8 Å². The summed E-state index contributed by atoms with van der Waals surface area (Å²) in [6, 6.07) is 0. The number of rotatable bonds is 3. The van der Waals surface area contributed by atoms with Gasteiger partial charge in [0.1, 0.15) is 0 Å². The maximum absolute atomic E-state index is 10.3. The average Bonchev–Trinajstić information content (AvgIpc) is 2.72. The van der Waals surface area contributed by atoms with Crippen molar-refractivity contribution in [2.75, 3.05) is 13.7 Å². The Bertz CT molecular complexity index is 245. The number of aliphatic hydroxyl groups excluding tert-OH is 1. The maximum Gasteiger partial charge on any atom is 4.00 e. The molecule has 1 aliphatic carbocycles. The molecule has 7 heteroatoms. The molecule has 88 valence electrons. The molecular weight excluding hydrogens is 346 g/mol. The Hall–Kier alpha value is 0.750. The fourth-order valence-corrected chi connectivity index (χ4v) is 1.96. The van der Waals surface area contributed by atoms with Crippen molar-refractivity contribution in [3.8, 4) is 0 Å². The van der Waals surface area contributed by atoms with Gasteiger partial charge in [0.05, 0.1) is 5.78 Å². The predicted molar refractivity (Wildman–Crippen MR) is 51.4 cm³/mol. The molecule has 2 rings (SSSR count). The molecule has 1 fully saturated rings. The molecule has 0 atom stereocenters. The summed E-state index contributed by atoms with van der Waals surface area (Å²) in [5.74, 6) is 0.0868. The molecule has 1 heterocycles. The number of aliphatic hydroxyl groups is 1. The third kappa shape index (κ3) is 8.85. The molecular formula is C9H12Cl2O3SiZr. The Labute approximate surface area is 129 Å². The molecule has 0 bridgehead atoms. The number of carbonyl (C=O) groups excluding carboxylic acids is 1. The van der Waals surface area contributed by atoms with E-state index in [4.69, 9.17) is 5.11 Å². The molecule has 16 heavy (non-hydrogen) atoms. The number of halogens is 2. The number of methoxy groups -OCH3 is 1. The van der Waals surface area contributed by atoms with E-state index in [1.54, 1.807) is 19.8 Å². The van der Waals surface area contributed by atoms with Crippen LogP contribution in [0.25, 0.3) is 0 Å². The van der Waals surface area contributed by atoms with Crippen molar-refractivity contribution in [3.05, 3.63) is 29.2 Å². The van der Waals surface area contributed by atoms with Crippen LogP contribution in [0.5, 0.6) is 0 Å². The fourth-order valence-electron chi connectivity index (χ4n) is 0.922. The summed E-state index contributed by atoms with van der Waals surface area (Å²) in [5, 5.41) is 10.7. The maximum atomic E-state index is 10.3. The van der Waals surface area contributed by atoms with Crippen LogP contribution in [0.3, 0.4) is 0 Å². The van der Waals surface area contributed by atoms with E-state index in [1.807, 2.05) is 0 Å². The minimum absolute atomic E-state index is 0. The molecule has 0 aromatic heterocycles. The van der Waals surface area contributed by atoms with Gasteiger partial charge >= 0.3 is 26.2 Å². The van der Waals surface area contributed by atoms with Crippen LogP contribution in [0.2, 0.25) is 0 Å². The second kappa shape index (κ2) is 12.2. The van der Waals surface area contributed by atoms with E-state index in [9.17, 15) is 4.79 Å². The number of ether oxygens (including phenoxy) is 1. The second-order valence-corrected chi connectivity index (χ2v) is 4.55. The summed E-state index contributed by atoms with van der Waals surface area (Å²) >= 11 is 0. The van der Waals surface area contributed by atoms with Gasteiger partial charge in [0, 0.05) is 6.61 Å². The quantitative estimate of drug-likeness (QED) is 0.310. The predicted octanol–water partition coefficient (Wildman–Crippen LogP) is -6.50. The van der Waals surface area contributed by atoms with Crippen LogP contribution in [0.4, 0.5) is 0 Å². The number of ketones is 1. The summed E-state index contributed by atoms with van der Waals surface area (Å²) in [5.41, 5.74) is 0. The van der Waals surface area contributed by atoms with Gasteiger partial charge in [-0.2, -0.15) is 11.3 Å². The monoisotopic (exact) mass is 356 g/mol. The number of hydrogen-bond donors (Lipinski definition) is 1. The van der Waals surface area contributed by atoms with Crippen LogP contribution in [0, 0.1) is 12.7 Å². The molecule has 1 N–H and O–H groups in total. The number of allylic oxidation sites excluding steroid dienone is 4. The summed E-state index contributed by atoms with van der Waals surface area (Å²) in [6.45, 7) is 1.73. The molecule has 3 nitrogen and oxygen atoms in total. The number of fused-ring (bicyclic) bond motifs is 1. The molecule has 0 aromatic rings. The molecule has 2 aliphatic rings. The van der Waals surface area contributed by atoms with Gasteiger partial charge in [0.25, 0.3) is 0 Å². The first-order valence-corrected chi connectivity index (χ1v) is 5.52. The molecule has 0 unspecified atom stereocenters. The van der Waals surface area contributed by atoms with Crippen molar-refractivity contribution in [1.82, 2.24) is 0 Å². The minimum atomic E-state index is 0. The molecule has 0 saturated carbocycles. The summed E-state index contributed by atoms with van der Waals surface area (Å²) in [6.07, 6.45) is 5.07. The normalized spacial score (nSPS) is 15.2. The third-order valence-electron chi connectivity index (χ3n) is 1.62. The van der Waals surface area contributed by atoms with E-state index in [0.29, 0.717) is 6.42 Å². The average molecular weight is 358 g/mol. The zero-order chi connectivity index (χ0) is 9.68. The Kier molecular flexibility index (Phi) is 16.8. The van der Waals surface area contributed by atoms with Crippen LogP contribution < -0.4 is 24.8 Å². The summed E-state index contributed by atoms with van der Waals surface area (Å²) in [7, 11) is 1.57.